The van der Waals surface area contributed by atoms with Gasteiger partial charge in [-0.15, -0.1) is 0 Å². The van der Waals surface area contributed by atoms with E-state index in [0.717, 1.165) is 18.2 Å². The number of pyridine rings is 1. The first-order valence-corrected chi connectivity index (χ1v) is 11.9. The van der Waals surface area contributed by atoms with Crippen LogP contribution in [0.3, 0.4) is 0 Å². The molecular formula is C25H24F4N6O5. The molecule has 2 N–H and O–H groups in total. The average Bonchev–Trinajstić information content (AvgIpc) is 3.13. The summed E-state index contributed by atoms with van der Waals surface area (Å²) in [6.07, 6.45) is -4.68. The van der Waals surface area contributed by atoms with E-state index in [-0.39, 0.29) is 52.4 Å². The number of fused-ring (bicyclic) bond motifs is 1. The van der Waals surface area contributed by atoms with Crippen LogP contribution < -0.4 is 15.0 Å². The molecule has 4 rings (SSSR count). The molecule has 0 saturated heterocycles. The molecule has 1 aromatic carbocycles. The maximum atomic E-state index is 14.2. The van der Waals surface area contributed by atoms with Crippen molar-refractivity contribution in [2.24, 2.45) is 0 Å². The highest BCUT2D eigenvalue weighted by atomic mass is 19.4. The van der Waals surface area contributed by atoms with Crippen molar-refractivity contribution in [3.63, 3.8) is 0 Å². The van der Waals surface area contributed by atoms with E-state index in [2.05, 4.69) is 20.3 Å². The lowest BCUT2D eigenvalue weighted by atomic mass is 9.91. The number of alkyl halides is 3. The molecule has 40 heavy (non-hydrogen) atoms. The number of ether oxygens (including phenoxy) is 1. The van der Waals surface area contributed by atoms with Crippen LogP contribution in [0.25, 0.3) is 0 Å². The second kappa shape index (κ2) is 9.88. The molecular weight excluding hydrogens is 540 g/mol. The number of halogens is 4. The number of aromatic carboxylic acids is 1. The van der Waals surface area contributed by atoms with Gasteiger partial charge in [0.2, 0.25) is 11.8 Å². The molecule has 0 unspecified atom stereocenters. The summed E-state index contributed by atoms with van der Waals surface area (Å²) in [6.45, 7) is 6.75. The van der Waals surface area contributed by atoms with Gasteiger partial charge in [0, 0.05) is 24.1 Å². The number of rotatable bonds is 7. The minimum Gasteiger partial charge on any atom is -0.494 e. The van der Waals surface area contributed by atoms with E-state index in [1.165, 1.54) is 18.1 Å². The number of methoxy groups -OCH3 is 1. The number of hydrogen-bond acceptors (Lipinski definition) is 9. The highest BCUT2D eigenvalue weighted by Gasteiger charge is 2.43. The fraction of sp³-hybridized carbons (Fsp3) is 0.360. The Bertz CT molecular complexity index is 1530. The molecule has 3 heterocycles. The van der Waals surface area contributed by atoms with Gasteiger partial charge in [-0.25, -0.2) is 14.8 Å². The van der Waals surface area contributed by atoms with E-state index in [1.54, 1.807) is 27.7 Å². The van der Waals surface area contributed by atoms with Gasteiger partial charge < -0.3 is 20.1 Å². The van der Waals surface area contributed by atoms with Crippen molar-refractivity contribution in [1.29, 1.82) is 0 Å². The van der Waals surface area contributed by atoms with E-state index in [9.17, 15) is 37.6 Å². The van der Waals surface area contributed by atoms with Gasteiger partial charge in [-0.2, -0.15) is 22.5 Å². The van der Waals surface area contributed by atoms with Crippen LogP contribution in [0.15, 0.2) is 24.3 Å². The van der Waals surface area contributed by atoms with E-state index >= 15 is 0 Å². The van der Waals surface area contributed by atoms with Gasteiger partial charge in [0.05, 0.1) is 34.8 Å². The molecule has 3 aromatic rings. The number of carbonyl (C=O) groups is 1. The SMILES string of the molecule is COc1cc(F)c([N+](=O)[O-])cc1Nc1nc(C(C)C)c(C(=O)O)c(N2CC(C)(C)c3nc(C(F)(F)F)ccc32)n1. The highest BCUT2D eigenvalue weighted by molar-refractivity contribution is 5.97. The third-order valence-electron chi connectivity index (χ3n) is 6.30. The monoisotopic (exact) mass is 564 g/mol. The lowest BCUT2D eigenvalue weighted by molar-refractivity contribution is -0.387. The Balaban J connectivity index is 1.93. The van der Waals surface area contributed by atoms with Crippen molar-refractivity contribution < 1.29 is 37.1 Å². The number of benzene rings is 1. The Morgan fingerprint density at radius 2 is 1.90 bits per heavy atom. The summed E-state index contributed by atoms with van der Waals surface area (Å²) in [7, 11) is 1.22. The van der Waals surface area contributed by atoms with E-state index in [1.807, 2.05) is 0 Å². The standard InChI is InChI=1S/C25H24F4N6O5/c1-11(2)19-18(22(36)37)21(34-10-24(3,4)20-14(34)6-7-17(31-20)25(27,28)29)33-23(32-19)30-13-9-15(35(38)39)12(26)8-16(13)40-5/h6-9,11H,10H2,1-5H3,(H,36,37)(H,30,32,33). The molecule has 0 atom stereocenters. The molecule has 0 bridgehead atoms. The van der Waals surface area contributed by atoms with E-state index < -0.39 is 45.6 Å². The first-order chi connectivity index (χ1) is 18.5. The normalized spacial score (nSPS) is 14.3. The zero-order valence-corrected chi connectivity index (χ0v) is 21.9. The molecule has 1 aliphatic rings. The van der Waals surface area contributed by atoms with Crippen molar-refractivity contribution >= 4 is 34.8 Å². The minimum absolute atomic E-state index is 0.0379. The Morgan fingerprint density at radius 1 is 1.23 bits per heavy atom. The number of nitrogens with one attached hydrogen (secondary N) is 1. The van der Waals surface area contributed by atoms with Crippen LogP contribution in [-0.2, 0) is 11.6 Å². The van der Waals surface area contributed by atoms with Crippen LogP contribution in [-0.4, -0.2) is 44.6 Å². The highest BCUT2D eigenvalue weighted by Crippen LogP contribution is 2.46. The van der Waals surface area contributed by atoms with Crippen LogP contribution in [0.2, 0.25) is 0 Å². The predicted molar refractivity (Wildman–Crippen MR) is 135 cm³/mol. The summed E-state index contributed by atoms with van der Waals surface area (Å²) in [4.78, 5) is 36.8. The van der Waals surface area contributed by atoms with Gasteiger partial charge in [0.1, 0.15) is 17.0 Å². The maximum Gasteiger partial charge on any atom is 0.433 e. The number of anilines is 4. The zero-order valence-electron chi connectivity index (χ0n) is 21.9. The lowest BCUT2D eigenvalue weighted by Crippen LogP contribution is -2.28. The number of nitro groups is 1. The Labute approximate surface area is 225 Å². The van der Waals surface area contributed by atoms with Crippen LogP contribution in [0.1, 0.15) is 61.1 Å². The fourth-order valence-electron chi connectivity index (χ4n) is 4.48. The minimum atomic E-state index is -4.68. The molecule has 0 saturated carbocycles. The molecule has 0 spiro atoms. The third-order valence-corrected chi connectivity index (χ3v) is 6.30. The van der Waals surface area contributed by atoms with Gasteiger partial charge in [0.15, 0.2) is 5.82 Å². The maximum absolute atomic E-state index is 14.2. The predicted octanol–water partition coefficient (Wildman–Crippen LogP) is 5.94. The van der Waals surface area contributed by atoms with E-state index in [4.69, 9.17) is 4.74 Å². The molecule has 11 nitrogen and oxygen atoms in total. The second-order valence-electron chi connectivity index (χ2n) is 10.0. The van der Waals surface area contributed by atoms with Crippen LogP contribution in [0.5, 0.6) is 5.75 Å². The summed E-state index contributed by atoms with van der Waals surface area (Å²) < 4.78 is 59.5. The number of nitrogens with zero attached hydrogens (tertiary/aromatic N) is 5. The molecule has 0 fully saturated rings. The first kappa shape index (κ1) is 28.4. The molecule has 212 valence electrons. The van der Waals surface area contributed by atoms with E-state index in [0.29, 0.717) is 0 Å². The Morgan fingerprint density at radius 3 is 2.45 bits per heavy atom. The van der Waals surface area contributed by atoms with Crippen LogP contribution >= 0.6 is 0 Å². The summed E-state index contributed by atoms with van der Waals surface area (Å²) in [6, 6.07) is 3.70. The smallest absolute Gasteiger partial charge is 0.433 e. The number of nitro benzene ring substituents is 1. The summed E-state index contributed by atoms with van der Waals surface area (Å²) in [5, 5.41) is 24.2. The molecule has 0 radical (unpaired) electrons. The van der Waals surface area contributed by atoms with Crippen LogP contribution in [0.4, 0.5) is 46.4 Å². The van der Waals surface area contributed by atoms with Gasteiger partial charge in [-0.3, -0.25) is 10.1 Å². The van der Waals surface area contributed by atoms with Crippen LogP contribution in [0, 0.1) is 15.9 Å². The van der Waals surface area contributed by atoms with Gasteiger partial charge in [-0.1, -0.05) is 27.7 Å². The van der Waals surface area contributed by atoms with Crippen molar-refractivity contribution in [2.45, 2.75) is 45.2 Å². The average molecular weight is 564 g/mol. The summed E-state index contributed by atoms with van der Waals surface area (Å²) in [5.74, 6) is -3.41. The molecule has 0 aliphatic carbocycles. The van der Waals surface area contributed by atoms with Gasteiger partial charge in [-0.05, 0) is 18.1 Å². The van der Waals surface area contributed by atoms with Crippen molar-refractivity contribution in [1.82, 2.24) is 15.0 Å². The topological polar surface area (TPSA) is 144 Å². The first-order valence-electron chi connectivity index (χ1n) is 11.9. The number of aromatic nitrogens is 3. The quantitative estimate of drug-likeness (QED) is 0.201. The Kier molecular flexibility index (Phi) is 7.03. The van der Waals surface area contributed by atoms with Crippen molar-refractivity contribution in [3.05, 3.63) is 62.8 Å². The number of hydrogen-bond donors (Lipinski definition) is 2. The second-order valence-corrected chi connectivity index (χ2v) is 10.0. The van der Waals surface area contributed by atoms with Gasteiger partial charge in [0.25, 0.3) is 0 Å². The number of carboxylic acids is 1. The summed E-state index contributed by atoms with van der Waals surface area (Å²) in [5.41, 5.74) is -2.79. The van der Waals surface area contributed by atoms with Crippen molar-refractivity contribution in [2.75, 3.05) is 23.9 Å². The fourth-order valence-corrected chi connectivity index (χ4v) is 4.48. The molecule has 1 aliphatic heterocycles. The molecule has 15 heteroatoms. The van der Waals surface area contributed by atoms with Gasteiger partial charge >= 0.3 is 17.8 Å². The zero-order chi connectivity index (χ0) is 29.7. The lowest BCUT2D eigenvalue weighted by Gasteiger charge is -2.25. The third kappa shape index (κ3) is 5.05. The molecule has 0 amide bonds. The molecule has 2 aromatic heterocycles. The largest absolute Gasteiger partial charge is 0.494 e. The summed E-state index contributed by atoms with van der Waals surface area (Å²) >= 11 is 0. The number of carboxylic acid groups (broad SMARTS) is 1. The van der Waals surface area contributed by atoms with Crippen molar-refractivity contribution in [3.8, 4) is 5.75 Å². The Hall–Kier alpha value is -4.56.